The van der Waals surface area contributed by atoms with Gasteiger partial charge >= 0.3 is 0 Å². The maximum absolute atomic E-state index is 12.8. The molecule has 3 aliphatic rings. The van der Waals surface area contributed by atoms with Gasteiger partial charge in [0.05, 0.1) is 20.0 Å². The molecule has 0 spiro atoms. The van der Waals surface area contributed by atoms with Crippen molar-refractivity contribution in [2.75, 3.05) is 27.3 Å². The number of rotatable bonds is 4. The molecule has 0 bridgehead atoms. The molecule has 5 nitrogen and oxygen atoms in total. The maximum Gasteiger partial charge on any atom is 0.252 e. The second-order valence-corrected chi connectivity index (χ2v) is 8.02. The van der Waals surface area contributed by atoms with E-state index in [-0.39, 0.29) is 11.7 Å². The van der Waals surface area contributed by atoms with E-state index in [0.29, 0.717) is 20.1 Å². The van der Waals surface area contributed by atoms with Gasteiger partial charge in [-0.25, -0.2) is 0 Å². The number of nitrogens with one attached hydrogen (secondary N) is 1. The third kappa shape index (κ3) is 3.58. The molecule has 0 radical (unpaired) electrons. The van der Waals surface area contributed by atoms with Crippen LogP contribution in [0, 0.1) is 0 Å². The summed E-state index contributed by atoms with van der Waals surface area (Å²) in [6.45, 7) is 1.88. The summed E-state index contributed by atoms with van der Waals surface area (Å²) in [4.78, 5) is 14.7. The fraction of sp³-hybridized carbons (Fsp3) is 0.286. The number of carbonyl (C=O) groups is 1. The highest BCUT2D eigenvalue weighted by molar-refractivity contribution is 7.51. The van der Waals surface area contributed by atoms with Crippen LogP contribution >= 0.6 is 8.58 Å². The molecule has 1 aromatic rings. The van der Waals surface area contributed by atoms with Crippen LogP contribution in [0.1, 0.15) is 12.0 Å². The van der Waals surface area contributed by atoms with Gasteiger partial charge in [0.25, 0.3) is 5.91 Å². The zero-order valence-corrected chi connectivity index (χ0v) is 16.5. The second-order valence-electron chi connectivity index (χ2n) is 6.60. The second kappa shape index (κ2) is 7.71. The molecule has 0 saturated carbocycles. The van der Waals surface area contributed by atoms with Crippen LogP contribution in [0.25, 0.3) is 5.31 Å². The van der Waals surface area contributed by atoms with Crippen LogP contribution in [0.5, 0.6) is 11.5 Å². The van der Waals surface area contributed by atoms with Crippen LogP contribution in [0.2, 0.25) is 0 Å². The molecule has 1 aromatic carbocycles. The summed E-state index contributed by atoms with van der Waals surface area (Å²) in [6, 6.07) is 5.80. The monoisotopic (exact) mass is 382 g/mol. The minimum atomic E-state index is 0.0229. The fourth-order valence-corrected chi connectivity index (χ4v) is 4.88. The molecule has 2 unspecified atom stereocenters. The van der Waals surface area contributed by atoms with Crippen molar-refractivity contribution in [1.82, 2.24) is 10.2 Å². The van der Waals surface area contributed by atoms with E-state index in [9.17, 15) is 4.79 Å². The lowest BCUT2D eigenvalue weighted by molar-refractivity contribution is -0.123. The van der Waals surface area contributed by atoms with Crippen molar-refractivity contribution >= 4 is 19.8 Å². The lowest BCUT2D eigenvalue weighted by Crippen LogP contribution is -2.36. The summed E-state index contributed by atoms with van der Waals surface area (Å²) in [5, 5.41) is 4.43. The van der Waals surface area contributed by atoms with Crippen LogP contribution in [0.15, 0.2) is 59.8 Å². The molecule has 6 heteroatoms. The number of hydrogen-bond acceptors (Lipinski definition) is 4. The highest BCUT2D eigenvalue weighted by Gasteiger charge is 2.29. The average molecular weight is 382 g/mol. The van der Waals surface area contributed by atoms with Crippen molar-refractivity contribution in [2.45, 2.75) is 12.2 Å². The van der Waals surface area contributed by atoms with Gasteiger partial charge in [0, 0.05) is 18.8 Å². The first-order valence-corrected chi connectivity index (χ1v) is 10.1. The van der Waals surface area contributed by atoms with Crippen molar-refractivity contribution in [1.29, 1.82) is 0 Å². The maximum atomic E-state index is 12.8. The lowest BCUT2D eigenvalue weighted by Gasteiger charge is -2.34. The van der Waals surface area contributed by atoms with Gasteiger partial charge in [-0.3, -0.25) is 4.79 Å². The number of amides is 1. The van der Waals surface area contributed by atoms with Crippen LogP contribution < -0.4 is 14.8 Å². The number of methoxy groups -OCH3 is 2. The van der Waals surface area contributed by atoms with Crippen molar-refractivity contribution in [3.8, 4) is 11.5 Å². The number of benzene rings is 1. The zero-order chi connectivity index (χ0) is 18.8. The van der Waals surface area contributed by atoms with Gasteiger partial charge in [-0.05, 0) is 47.1 Å². The Morgan fingerprint density at radius 3 is 2.81 bits per heavy atom. The topological polar surface area (TPSA) is 50.8 Å². The van der Waals surface area contributed by atoms with Crippen molar-refractivity contribution < 1.29 is 14.3 Å². The predicted molar refractivity (Wildman–Crippen MR) is 109 cm³/mol. The Labute approximate surface area is 161 Å². The Morgan fingerprint density at radius 1 is 1.22 bits per heavy atom. The molecular formula is C21H23N2O3P. The molecule has 140 valence electrons. The predicted octanol–water partition coefficient (Wildman–Crippen LogP) is 3.26. The molecule has 3 aliphatic heterocycles. The van der Waals surface area contributed by atoms with E-state index in [2.05, 4.69) is 23.5 Å². The Hall–Kier alpha value is -2.36. The van der Waals surface area contributed by atoms with E-state index in [0.717, 1.165) is 36.0 Å². The van der Waals surface area contributed by atoms with Crippen molar-refractivity contribution in [3.63, 3.8) is 0 Å². The van der Waals surface area contributed by atoms with Crippen LogP contribution in [-0.2, 0) is 4.79 Å². The van der Waals surface area contributed by atoms with Crippen LogP contribution in [0.3, 0.4) is 0 Å². The molecule has 0 fully saturated rings. The van der Waals surface area contributed by atoms with Gasteiger partial charge in [0.2, 0.25) is 0 Å². The number of ether oxygens (including phenoxy) is 2. The number of fused-ring (bicyclic) bond motifs is 1. The molecule has 1 amide bonds. The Morgan fingerprint density at radius 2 is 2.07 bits per heavy atom. The number of carbonyl (C=O) groups excluding carboxylic acids is 1. The SMILES string of the molecule is COc1ccc(C2=CC(=O)N3C=C(C4=CCCNC4)C=CC3P2)cc1OC. The molecule has 2 atom stereocenters. The van der Waals surface area contributed by atoms with Crippen LogP contribution in [-0.4, -0.2) is 43.9 Å². The Bertz CT molecular complexity index is 885. The minimum absolute atomic E-state index is 0.0229. The molecular weight excluding hydrogens is 359 g/mol. The number of nitrogens with zero attached hydrogens (tertiary/aromatic N) is 1. The fourth-order valence-electron chi connectivity index (χ4n) is 3.50. The first kappa shape index (κ1) is 18.0. The molecule has 0 saturated heterocycles. The largest absolute Gasteiger partial charge is 0.493 e. The summed E-state index contributed by atoms with van der Waals surface area (Å²) in [7, 11) is 3.72. The van der Waals surface area contributed by atoms with E-state index in [1.54, 1.807) is 20.3 Å². The molecule has 27 heavy (non-hydrogen) atoms. The third-order valence-electron chi connectivity index (χ3n) is 4.95. The number of hydrogen-bond donors (Lipinski definition) is 1. The van der Waals surface area contributed by atoms with E-state index < -0.39 is 0 Å². The number of allylic oxidation sites excluding steroid dienone is 1. The van der Waals surface area contributed by atoms with Gasteiger partial charge in [-0.15, -0.1) is 0 Å². The van der Waals surface area contributed by atoms with Crippen molar-refractivity contribution in [2.24, 2.45) is 0 Å². The van der Waals surface area contributed by atoms with E-state index >= 15 is 0 Å². The van der Waals surface area contributed by atoms with Crippen LogP contribution in [0.4, 0.5) is 0 Å². The van der Waals surface area contributed by atoms with Gasteiger partial charge in [0.1, 0.15) is 0 Å². The summed E-state index contributed by atoms with van der Waals surface area (Å²) in [6.07, 6.45) is 11.3. The average Bonchev–Trinajstić information content (AvgIpc) is 2.73. The molecule has 3 heterocycles. The third-order valence-corrected chi connectivity index (χ3v) is 6.46. The van der Waals surface area contributed by atoms with E-state index in [1.807, 2.05) is 29.3 Å². The summed E-state index contributed by atoms with van der Waals surface area (Å²) >= 11 is 0. The molecule has 1 N–H and O–H groups in total. The van der Waals surface area contributed by atoms with E-state index in [4.69, 9.17) is 9.47 Å². The highest BCUT2D eigenvalue weighted by atomic mass is 31.1. The highest BCUT2D eigenvalue weighted by Crippen LogP contribution is 2.46. The molecule has 0 aromatic heterocycles. The summed E-state index contributed by atoms with van der Waals surface area (Å²) < 4.78 is 10.7. The van der Waals surface area contributed by atoms with Gasteiger partial charge in [0.15, 0.2) is 11.5 Å². The zero-order valence-electron chi connectivity index (χ0n) is 15.5. The summed E-state index contributed by atoms with van der Waals surface area (Å²) in [5.74, 6) is 1.46. The normalized spacial score (nSPS) is 22.7. The Kier molecular flexibility index (Phi) is 5.15. The van der Waals surface area contributed by atoms with Gasteiger partial charge in [-0.1, -0.05) is 32.9 Å². The smallest absolute Gasteiger partial charge is 0.252 e. The van der Waals surface area contributed by atoms with E-state index in [1.165, 1.54) is 5.57 Å². The molecule has 4 rings (SSSR count). The quantitative estimate of drug-likeness (QED) is 0.813. The standard InChI is InChI=1S/C21H23N2O3P/c1-25-17-7-5-14(10-18(17)26-2)19-11-20(24)23-13-16(6-8-21(23)27-19)15-4-3-9-22-12-15/h4-8,10-11,13,21-22,27H,3,9,12H2,1-2H3. The van der Waals surface area contributed by atoms with Gasteiger partial charge in [-0.2, -0.15) is 0 Å². The van der Waals surface area contributed by atoms with Gasteiger partial charge < -0.3 is 19.7 Å². The first-order valence-electron chi connectivity index (χ1n) is 9.02. The Balaban J connectivity index is 1.60. The first-order chi connectivity index (χ1) is 13.2. The van der Waals surface area contributed by atoms with Crippen molar-refractivity contribution in [3.05, 3.63) is 65.4 Å². The minimum Gasteiger partial charge on any atom is -0.493 e. The lowest BCUT2D eigenvalue weighted by atomic mass is 10.0. The summed E-state index contributed by atoms with van der Waals surface area (Å²) in [5.41, 5.74) is 3.39. The molecule has 0 aliphatic carbocycles.